The van der Waals surface area contributed by atoms with Crippen molar-refractivity contribution >= 4 is 11.0 Å². The Balaban J connectivity index is 2.06. The van der Waals surface area contributed by atoms with E-state index in [2.05, 4.69) is 72.0 Å². The van der Waals surface area contributed by atoms with Gasteiger partial charge in [0.15, 0.2) is 0 Å². The van der Waals surface area contributed by atoms with E-state index in [4.69, 9.17) is 0 Å². The summed E-state index contributed by atoms with van der Waals surface area (Å²) >= 11 is 0. The molecule has 0 saturated carbocycles. The second kappa shape index (κ2) is 5.34. The molecule has 0 fully saturated rings. The summed E-state index contributed by atoms with van der Waals surface area (Å²) in [5, 5.41) is 3.26. The van der Waals surface area contributed by atoms with Crippen molar-refractivity contribution in [2.75, 3.05) is 7.05 Å². The standard InChI is InChI=1S/C18H21N3/c1-12-9-17-18(10-13(12)2)21(11-20-17)16-7-5-15(6-8-16)14(3)19-4/h5-11,14,19H,1-4H3. The third kappa shape index (κ3) is 2.45. The molecule has 1 N–H and O–H groups in total. The summed E-state index contributed by atoms with van der Waals surface area (Å²) in [6.45, 7) is 6.43. The average Bonchev–Trinajstić information content (AvgIpc) is 2.90. The second-order valence-corrected chi connectivity index (χ2v) is 5.64. The van der Waals surface area contributed by atoms with Crippen LogP contribution in [0, 0.1) is 13.8 Å². The Hall–Kier alpha value is -2.13. The number of rotatable bonds is 3. The summed E-state index contributed by atoms with van der Waals surface area (Å²) in [4.78, 5) is 4.52. The van der Waals surface area contributed by atoms with Crippen molar-refractivity contribution in [1.29, 1.82) is 0 Å². The van der Waals surface area contributed by atoms with Crippen LogP contribution in [0.1, 0.15) is 29.7 Å². The molecular weight excluding hydrogens is 258 g/mol. The van der Waals surface area contributed by atoms with Crippen LogP contribution in [0.5, 0.6) is 0 Å². The highest BCUT2D eigenvalue weighted by Crippen LogP contribution is 2.23. The minimum absolute atomic E-state index is 0.364. The molecule has 0 aliphatic carbocycles. The summed E-state index contributed by atoms with van der Waals surface area (Å²) in [7, 11) is 1.98. The highest BCUT2D eigenvalue weighted by molar-refractivity contribution is 5.79. The third-order valence-electron chi connectivity index (χ3n) is 4.27. The minimum Gasteiger partial charge on any atom is -0.313 e. The first kappa shape index (κ1) is 13.8. The number of nitrogens with one attached hydrogen (secondary N) is 1. The molecule has 3 aromatic rings. The number of hydrogen-bond acceptors (Lipinski definition) is 2. The molecule has 1 aromatic heterocycles. The van der Waals surface area contributed by atoms with Crippen molar-refractivity contribution < 1.29 is 0 Å². The minimum atomic E-state index is 0.364. The maximum Gasteiger partial charge on any atom is 0.100 e. The van der Waals surface area contributed by atoms with Gasteiger partial charge in [0.05, 0.1) is 11.0 Å². The van der Waals surface area contributed by atoms with E-state index in [0.29, 0.717) is 6.04 Å². The van der Waals surface area contributed by atoms with Gasteiger partial charge in [-0.05, 0) is 68.8 Å². The van der Waals surface area contributed by atoms with Gasteiger partial charge in [-0.25, -0.2) is 4.98 Å². The third-order valence-corrected chi connectivity index (χ3v) is 4.27. The predicted molar refractivity (Wildman–Crippen MR) is 88.0 cm³/mol. The Morgan fingerprint density at radius 2 is 1.71 bits per heavy atom. The molecule has 1 unspecified atom stereocenters. The van der Waals surface area contributed by atoms with Crippen molar-refractivity contribution in [1.82, 2.24) is 14.9 Å². The lowest BCUT2D eigenvalue weighted by Crippen LogP contribution is -2.12. The molecule has 0 aliphatic rings. The van der Waals surface area contributed by atoms with E-state index in [1.54, 1.807) is 0 Å². The number of aromatic nitrogens is 2. The predicted octanol–water partition coefficient (Wildman–Crippen LogP) is 3.92. The van der Waals surface area contributed by atoms with Gasteiger partial charge >= 0.3 is 0 Å². The zero-order valence-corrected chi connectivity index (χ0v) is 13.0. The number of aryl methyl sites for hydroxylation is 2. The van der Waals surface area contributed by atoms with E-state index >= 15 is 0 Å². The zero-order valence-electron chi connectivity index (χ0n) is 13.0. The summed E-state index contributed by atoms with van der Waals surface area (Å²) in [6.07, 6.45) is 1.90. The smallest absolute Gasteiger partial charge is 0.100 e. The average molecular weight is 279 g/mol. The van der Waals surface area contributed by atoms with E-state index in [1.165, 1.54) is 16.7 Å². The molecule has 0 aliphatic heterocycles. The highest BCUT2D eigenvalue weighted by Gasteiger charge is 2.08. The Morgan fingerprint density at radius 1 is 1.05 bits per heavy atom. The van der Waals surface area contributed by atoms with Crippen molar-refractivity contribution in [3.8, 4) is 5.69 Å². The molecule has 21 heavy (non-hydrogen) atoms. The maximum atomic E-state index is 4.52. The Morgan fingerprint density at radius 3 is 2.38 bits per heavy atom. The van der Waals surface area contributed by atoms with Crippen molar-refractivity contribution in [2.24, 2.45) is 0 Å². The van der Waals surface area contributed by atoms with Crippen molar-refractivity contribution in [2.45, 2.75) is 26.8 Å². The molecule has 0 saturated heterocycles. The lowest BCUT2D eigenvalue weighted by molar-refractivity contribution is 0.652. The summed E-state index contributed by atoms with van der Waals surface area (Å²) in [5.74, 6) is 0. The quantitative estimate of drug-likeness (QED) is 0.787. The molecule has 1 heterocycles. The second-order valence-electron chi connectivity index (χ2n) is 5.64. The first-order valence-corrected chi connectivity index (χ1v) is 7.32. The maximum absolute atomic E-state index is 4.52. The lowest BCUT2D eigenvalue weighted by atomic mass is 10.1. The number of benzene rings is 2. The molecule has 3 nitrogen and oxygen atoms in total. The van der Waals surface area contributed by atoms with Gasteiger partial charge in [0.25, 0.3) is 0 Å². The summed E-state index contributed by atoms with van der Waals surface area (Å²) in [6, 6.07) is 13.4. The van der Waals surface area contributed by atoms with Gasteiger partial charge in [-0.2, -0.15) is 0 Å². The Bertz CT molecular complexity index is 769. The molecule has 0 spiro atoms. The Kier molecular flexibility index (Phi) is 3.52. The van der Waals surface area contributed by atoms with Gasteiger partial charge in [0.1, 0.15) is 6.33 Å². The van der Waals surface area contributed by atoms with Gasteiger partial charge in [-0.15, -0.1) is 0 Å². The van der Waals surface area contributed by atoms with Crippen LogP contribution in [0.3, 0.4) is 0 Å². The van der Waals surface area contributed by atoms with Crippen molar-refractivity contribution in [3.63, 3.8) is 0 Å². The first-order valence-electron chi connectivity index (χ1n) is 7.32. The fraction of sp³-hybridized carbons (Fsp3) is 0.278. The van der Waals surface area contributed by atoms with E-state index in [0.717, 1.165) is 16.7 Å². The van der Waals surface area contributed by atoms with E-state index < -0.39 is 0 Å². The van der Waals surface area contributed by atoms with Crippen LogP contribution in [0.25, 0.3) is 16.7 Å². The van der Waals surface area contributed by atoms with Crippen LogP contribution in [-0.2, 0) is 0 Å². The molecule has 2 aromatic carbocycles. The monoisotopic (exact) mass is 279 g/mol. The van der Waals surface area contributed by atoms with Crippen LogP contribution in [0.4, 0.5) is 0 Å². The number of imidazole rings is 1. The molecule has 108 valence electrons. The first-order chi connectivity index (χ1) is 10.1. The molecular formula is C18H21N3. The SMILES string of the molecule is CNC(C)c1ccc(-n2cnc3cc(C)c(C)cc32)cc1. The van der Waals surface area contributed by atoms with Crippen LogP contribution < -0.4 is 5.32 Å². The van der Waals surface area contributed by atoms with E-state index in [9.17, 15) is 0 Å². The van der Waals surface area contributed by atoms with Crippen molar-refractivity contribution in [3.05, 3.63) is 59.4 Å². The highest BCUT2D eigenvalue weighted by atomic mass is 15.0. The molecule has 3 rings (SSSR count). The zero-order chi connectivity index (χ0) is 15.0. The molecule has 0 amide bonds. The fourth-order valence-electron chi connectivity index (χ4n) is 2.56. The van der Waals surface area contributed by atoms with E-state index in [-0.39, 0.29) is 0 Å². The van der Waals surface area contributed by atoms with E-state index in [1.807, 2.05) is 13.4 Å². The molecule has 0 radical (unpaired) electrons. The van der Waals surface area contributed by atoms with Gasteiger partial charge in [-0.3, -0.25) is 4.57 Å². The number of fused-ring (bicyclic) bond motifs is 1. The largest absolute Gasteiger partial charge is 0.313 e. The molecule has 0 bridgehead atoms. The van der Waals surface area contributed by atoms with Gasteiger partial charge < -0.3 is 5.32 Å². The number of hydrogen-bond donors (Lipinski definition) is 1. The summed E-state index contributed by atoms with van der Waals surface area (Å²) < 4.78 is 2.15. The van der Waals surface area contributed by atoms with Crippen LogP contribution in [0.2, 0.25) is 0 Å². The topological polar surface area (TPSA) is 29.9 Å². The normalized spacial score (nSPS) is 12.8. The molecule has 1 atom stereocenters. The van der Waals surface area contributed by atoms with Gasteiger partial charge in [0, 0.05) is 11.7 Å². The van der Waals surface area contributed by atoms with Gasteiger partial charge in [0.2, 0.25) is 0 Å². The fourth-order valence-corrected chi connectivity index (χ4v) is 2.56. The van der Waals surface area contributed by atoms with Crippen LogP contribution in [0.15, 0.2) is 42.7 Å². The Labute approximate surface area is 125 Å². The summed E-state index contributed by atoms with van der Waals surface area (Å²) in [5.41, 5.74) is 7.22. The van der Waals surface area contributed by atoms with Crippen LogP contribution >= 0.6 is 0 Å². The van der Waals surface area contributed by atoms with Gasteiger partial charge in [-0.1, -0.05) is 12.1 Å². The van der Waals surface area contributed by atoms with Crippen LogP contribution in [-0.4, -0.2) is 16.6 Å². The molecule has 3 heteroatoms. The lowest BCUT2D eigenvalue weighted by Gasteiger charge is -2.12. The number of nitrogens with zero attached hydrogens (tertiary/aromatic N) is 2.